The van der Waals surface area contributed by atoms with E-state index in [4.69, 9.17) is 14.2 Å². The van der Waals surface area contributed by atoms with E-state index >= 15 is 0 Å². The van der Waals surface area contributed by atoms with E-state index in [1.54, 1.807) is 38.1 Å². The third-order valence-electron chi connectivity index (χ3n) is 12.9. The molecule has 326 valence electrons. The van der Waals surface area contributed by atoms with Gasteiger partial charge in [-0.1, -0.05) is 0 Å². The second-order valence-electron chi connectivity index (χ2n) is 17.6. The molecule has 0 radical (unpaired) electrons. The number of rotatable bonds is 17. The zero-order valence-electron chi connectivity index (χ0n) is 36.1. The van der Waals surface area contributed by atoms with Gasteiger partial charge in [0, 0.05) is 70.5 Å². The van der Waals surface area contributed by atoms with Gasteiger partial charge in [0.25, 0.3) is 17.4 Å². The summed E-state index contributed by atoms with van der Waals surface area (Å²) in [5.74, 6) is 0.506. The number of unbranched alkanes of at least 4 members (excludes halogenated alkanes) is 2. The van der Waals surface area contributed by atoms with Gasteiger partial charge < -0.3 is 33.9 Å². The van der Waals surface area contributed by atoms with Crippen molar-refractivity contribution >= 4 is 46.1 Å². The predicted molar refractivity (Wildman–Crippen MR) is 230 cm³/mol. The summed E-state index contributed by atoms with van der Waals surface area (Å²) in [6.07, 6.45) is 8.58. The highest BCUT2D eigenvalue weighted by molar-refractivity contribution is 6.23. The number of aryl methyl sites for hydroxylation is 1. The molecule has 2 aromatic heterocycles. The van der Waals surface area contributed by atoms with Crippen molar-refractivity contribution in [3.05, 3.63) is 75.8 Å². The number of carbonyl (C=O) groups excluding carboxylic acids is 5. The average Bonchev–Trinajstić information content (AvgIpc) is 3.46. The van der Waals surface area contributed by atoms with Gasteiger partial charge in [0.1, 0.15) is 29.1 Å². The van der Waals surface area contributed by atoms with Gasteiger partial charge in [-0.25, -0.2) is 4.98 Å². The molecule has 5 aliphatic rings. The Morgan fingerprint density at radius 1 is 0.903 bits per heavy atom. The fourth-order valence-corrected chi connectivity index (χ4v) is 9.95. The van der Waals surface area contributed by atoms with Crippen molar-refractivity contribution < 1.29 is 38.2 Å². The number of methoxy groups -OCH3 is 2. The maximum atomic E-state index is 13.3. The van der Waals surface area contributed by atoms with Crippen molar-refractivity contribution in [2.75, 3.05) is 60.0 Å². The maximum absolute atomic E-state index is 13.3. The number of piperidine rings is 1. The highest BCUT2D eigenvalue weighted by atomic mass is 16.5. The lowest BCUT2D eigenvalue weighted by Crippen LogP contribution is -2.70. The number of fused-ring (bicyclic) bond motifs is 2. The lowest BCUT2D eigenvalue weighted by molar-refractivity contribution is -0.213. The molecule has 4 heterocycles. The summed E-state index contributed by atoms with van der Waals surface area (Å²) < 4.78 is 19.3. The van der Waals surface area contributed by atoms with Crippen LogP contribution >= 0.6 is 0 Å². The van der Waals surface area contributed by atoms with E-state index in [9.17, 15) is 28.8 Å². The van der Waals surface area contributed by atoms with Gasteiger partial charge >= 0.3 is 0 Å². The smallest absolute Gasteiger partial charge is 0.262 e. The second-order valence-corrected chi connectivity index (χ2v) is 17.6. The van der Waals surface area contributed by atoms with Gasteiger partial charge in [0.15, 0.2) is 0 Å². The molecule has 16 heteroatoms. The number of hydrogen-bond donors (Lipinski definition) is 2. The van der Waals surface area contributed by atoms with Gasteiger partial charge in [-0.2, -0.15) is 0 Å². The van der Waals surface area contributed by atoms with Crippen LogP contribution in [0.15, 0.2) is 53.6 Å². The lowest BCUT2D eigenvalue weighted by atomic mass is 9.34. The number of nitrogens with one attached hydrogen (secondary N) is 2. The predicted octanol–water partition coefficient (Wildman–Crippen LogP) is 4.05. The molecule has 2 bridgehead atoms. The van der Waals surface area contributed by atoms with E-state index in [2.05, 4.69) is 27.6 Å². The Morgan fingerprint density at radius 3 is 2.29 bits per heavy atom. The van der Waals surface area contributed by atoms with E-state index in [0.29, 0.717) is 42.3 Å². The fraction of sp³-hybridized carbons (Fsp3) is 0.457. The lowest BCUT2D eigenvalue weighted by Gasteiger charge is -2.70. The van der Waals surface area contributed by atoms with Crippen molar-refractivity contribution in [1.82, 2.24) is 30.0 Å². The molecular formula is C46H53N7O9. The molecule has 3 saturated carbocycles. The summed E-state index contributed by atoms with van der Waals surface area (Å²) in [7, 11) is 11.0. The number of aromatic nitrogens is 2. The quantitative estimate of drug-likeness (QED) is 0.115. The number of pyridine rings is 2. The van der Waals surface area contributed by atoms with Crippen LogP contribution in [-0.4, -0.2) is 110 Å². The standard InChI is InChI=1S/C46H53N7O9/c1-50(2)38-19-30-32(20-48-38)41(56)52(4)22-33(30)27-16-36(60-5)34(37(17-27)61-6)21-51(3)26-45-23-46(24-45,25-45)44(59)47-14-8-7-9-15-62-28-10-11-29-31(18-28)43(58)53(42(29)57)35-12-13-39(54)49-40(35)55/h10-11,16-20,22,35H,7-9,12-15,21,23-26H2,1-6H3,(H,47,59)(H,49,54,55). The van der Waals surface area contributed by atoms with Crippen LogP contribution in [0.1, 0.15) is 77.6 Å². The first-order valence-corrected chi connectivity index (χ1v) is 21.0. The fourth-order valence-electron chi connectivity index (χ4n) is 9.95. The van der Waals surface area contributed by atoms with Crippen LogP contribution in [0.5, 0.6) is 17.2 Å². The molecule has 2 N–H and O–H groups in total. The summed E-state index contributed by atoms with van der Waals surface area (Å²) in [6, 6.07) is 9.61. The van der Waals surface area contributed by atoms with Crippen molar-refractivity contribution in [1.29, 1.82) is 0 Å². The second kappa shape index (κ2) is 16.5. The first kappa shape index (κ1) is 42.4. The summed E-state index contributed by atoms with van der Waals surface area (Å²) in [4.78, 5) is 85.8. The minimum absolute atomic E-state index is 0.0612. The molecule has 4 fully saturated rings. The van der Waals surface area contributed by atoms with Crippen LogP contribution in [0.3, 0.4) is 0 Å². The van der Waals surface area contributed by atoms with Gasteiger partial charge in [-0.3, -0.25) is 39.0 Å². The summed E-state index contributed by atoms with van der Waals surface area (Å²) in [6.45, 7) is 2.41. The maximum Gasteiger partial charge on any atom is 0.262 e. The van der Waals surface area contributed by atoms with Crippen molar-refractivity contribution in [3.8, 4) is 28.4 Å². The third-order valence-corrected chi connectivity index (χ3v) is 12.9. The number of carbonyl (C=O) groups is 5. The van der Waals surface area contributed by atoms with Crippen LogP contribution in [0.25, 0.3) is 21.9 Å². The SMILES string of the molecule is COc1cc(-c2cn(C)c(=O)c3cnc(N(C)C)cc23)cc(OC)c1CN(C)CC12CC(C(=O)NCCCCCOc3ccc4c(c3)C(=O)N(C3CCC(=O)NC3=O)C4=O)(C1)C2. The molecule has 9 rings (SSSR count). The van der Waals surface area contributed by atoms with Crippen LogP contribution in [0.2, 0.25) is 0 Å². The monoisotopic (exact) mass is 847 g/mol. The van der Waals surface area contributed by atoms with Gasteiger partial charge in [0.2, 0.25) is 17.7 Å². The highest BCUT2D eigenvalue weighted by Gasteiger charge is 2.71. The zero-order valence-corrected chi connectivity index (χ0v) is 36.1. The number of amides is 5. The Morgan fingerprint density at radius 2 is 1.61 bits per heavy atom. The number of anilines is 1. The number of hydrogen-bond acceptors (Lipinski definition) is 12. The summed E-state index contributed by atoms with van der Waals surface area (Å²) in [5, 5.41) is 6.69. The molecule has 2 aromatic carbocycles. The molecule has 1 saturated heterocycles. The molecule has 1 unspecified atom stereocenters. The first-order valence-electron chi connectivity index (χ1n) is 21.0. The minimum Gasteiger partial charge on any atom is -0.496 e. The van der Waals surface area contributed by atoms with Crippen LogP contribution in [0, 0.1) is 10.8 Å². The highest BCUT2D eigenvalue weighted by Crippen LogP contribution is 2.73. The number of nitrogens with zero attached hydrogens (tertiary/aromatic N) is 5. The van der Waals surface area contributed by atoms with Crippen LogP contribution < -0.4 is 35.3 Å². The van der Waals surface area contributed by atoms with E-state index < -0.39 is 29.7 Å². The van der Waals surface area contributed by atoms with E-state index in [1.807, 2.05) is 43.4 Å². The largest absolute Gasteiger partial charge is 0.496 e. The molecule has 4 aromatic rings. The van der Waals surface area contributed by atoms with E-state index in [-0.39, 0.29) is 46.3 Å². The van der Waals surface area contributed by atoms with Gasteiger partial charge in [0.05, 0.1) is 48.3 Å². The molecular weight excluding hydrogens is 795 g/mol. The Labute approximate surface area is 359 Å². The van der Waals surface area contributed by atoms with Crippen LogP contribution in [-0.2, 0) is 28.0 Å². The summed E-state index contributed by atoms with van der Waals surface area (Å²) in [5.41, 5.74) is 2.73. The Bertz CT molecular complexity index is 2520. The number of ether oxygens (including phenoxy) is 3. The minimum atomic E-state index is -1.01. The molecule has 2 aliphatic heterocycles. The Balaban J connectivity index is 0.788. The molecule has 16 nitrogen and oxygen atoms in total. The first-order chi connectivity index (χ1) is 29.7. The van der Waals surface area contributed by atoms with Crippen LogP contribution in [0.4, 0.5) is 5.82 Å². The summed E-state index contributed by atoms with van der Waals surface area (Å²) >= 11 is 0. The van der Waals surface area contributed by atoms with Crippen molar-refractivity contribution in [2.24, 2.45) is 17.9 Å². The molecule has 3 aliphatic carbocycles. The molecule has 1 atom stereocenters. The zero-order chi connectivity index (χ0) is 44.1. The van der Waals surface area contributed by atoms with Crippen molar-refractivity contribution in [2.45, 2.75) is 64.0 Å². The Hall–Kier alpha value is -6.29. The average molecular weight is 848 g/mol. The van der Waals surface area contributed by atoms with Gasteiger partial charge in [-0.05, 0) is 99.4 Å². The third kappa shape index (κ3) is 7.65. The van der Waals surface area contributed by atoms with Gasteiger partial charge in [-0.15, -0.1) is 0 Å². The molecule has 5 amide bonds. The normalized spacial score (nSPS) is 21.3. The van der Waals surface area contributed by atoms with E-state index in [0.717, 1.165) is 77.9 Å². The van der Waals surface area contributed by atoms with Crippen molar-refractivity contribution in [3.63, 3.8) is 0 Å². The topological polar surface area (TPSA) is 182 Å². The molecule has 62 heavy (non-hydrogen) atoms. The molecule has 0 spiro atoms. The number of benzene rings is 2. The Kier molecular flexibility index (Phi) is 11.3. The van der Waals surface area contributed by atoms with E-state index in [1.165, 1.54) is 12.1 Å². The number of imide groups is 2.